The third-order valence-corrected chi connectivity index (χ3v) is 4.05. The first-order valence-corrected chi connectivity index (χ1v) is 7.84. The van der Waals surface area contributed by atoms with E-state index in [-0.39, 0.29) is 5.91 Å². The van der Waals surface area contributed by atoms with Crippen molar-refractivity contribution in [2.75, 3.05) is 7.05 Å². The number of carbonyl (C=O) groups excluding carboxylic acids is 1. The zero-order valence-corrected chi connectivity index (χ0v) is 13.8. The van der Waals surface area contributed by atoms with Crippen LogP contribution in [0.25, 0.3) is 10.8 Å². The average Bonchev–Trinajstić information content (AvgIpc) is 2.53. The Morgan fingerprint density at radius 1 is 0.870 bits per heavy atom. The number of aryl methyl sites for hydroxylation is 2. The van der Waals surface area contributed by atoms with Gasteiger partial charge in [0.2, 0.25) is 0 Å². The van der Waals surface area contributed by atoms with Crippen LogP contribution >= 0.6 is 0 Å². The highest BCUT2D eigenvalue weighted by Crippen LogP contribution is 2.18. The lowest BCUT2D eigenvalue weighted by Gasteiger charge is -2.18. The molecule has 0 saturated carbocycles. The Hall–Kier alpha value is -2.61. The van der Waals surface area contributed by atoms with E-state index in [0.29, 0.717) is 6.54 Å². The molecular weight excluding hydrogens is 282 g/mol. The molecule has 3 aromatic carbocycles. The molecule has 0 bridgehead atoms. The van der Waals surface area contributed by atoms with Crippen molar-refractivity contribution in [3.8, 4) is 0 Å². The van der Waals surface area contributed by atoms with Crippen LogP contribution in [-0.4, -0.2) is 17.9 Å². The fourth-order valence-corrected chi connectivity index (χ4v) is 3.00. The SMILES string of the molecule is Cc1cc(C)cc(C(=O)N(C)Cc2ccc3ccccc3c2)c1. The molecular formula is C21H21NO. The van der Waals surface area contributed by atoms with Gasteiger partial charge in [0.25, 0.3) is 5.91 Å². The predicted molar refractivity (Wildman–Crippen MR) is 95.7 cm³/mol. The van der Waals surface area contributed by atoms with Gasteiger partial charge < -0.3 is 4.90 Å². The van der Waals surface area contributed by atoms with Gasteiger partial charge >= 0.3 is 0 Å². The summed E-state index contributed by atoms with van der Waals surface area (Å²) in [7, 11) is 1.86. The summed E-state index contributed by atoms with van der Waals surface area (Å²) in [6.45, 7) is 4.65. The van der Waals surface area contributed by atoms with Crippen molar-refractivity contribution < 1.29 is 4.79 Å². The van der Waals surface area contributed by atoms with Crippen LogP contribution in [0.1, 0.15) is 27.0 Å². The minimum atomic E-state index is 0.0601. The smallest absolute Gasteiger partial charge is 0.253 e. The third-order valence-electron chi connectivity index (χ3n) is 4.05. The molecule has 0 aliphatic heterocycles. The average molecular weight is 303 g/mol. The van der Waals surface area contributed by atoms with Crippen molar-refractivity contribution in [2.24, 2.45) is 0 Å². The molecule has 0 unspecified atom stereocenters. The molecule has 0 aliphatic rings. The van der Waals surface area contributed by atoms with Crippen LogP contribution in [-0.2, 0) is 6.54 Å². The zero-order chi connectivity index (χ0) is 16.4. The molecule has 0 aliphatic carbocycles. The van der Waals surface area contributed by atoms with Crippen LogP contribution in [0.3, 0.4) is 0 Å². The highest BCUT2D eigenvalue weighted by Gasteiger charge is 2.13. The van der Waals surface area contributed by atoms with Gasteiger partial charge in [-0.3, -0.25) is 4.79 Å². The number of hydrogen-bond donors (Lipinski definition) is 0. The molecule has 0 aromatic heterocycles. The molecule has 1 amide bonds. The van der Waals surface area contributed by atoms with E-state index in [1.54, 1.807) is 4.90 Å². The Balaban J connectivity index is 1.81. The molecule has 3 rings (SSSR count). The van der Waals surface area contributed by atoms with Crippen molar-refractivity contribution in [3.05, 3.63) is 82.9 Å². The molecule has 2 nitrogen and oxygen atoms in total. The summed E-state index contributed by atoms with van der Waals surface area (Å²) in [6.07, 6.45) is 0. The zero-order valence-electron chi connectivity index (χ0n) is 13.8. The van der Waals surface area contributed by atoms with E-state index in [1.165, 1.54) is 10.8 Å². The summed E-state index contributed by atoms with van der Waals surface area (Å²) in [5.41, 5.74) is 4.13. The second kappa shape index (κ2) is 6.25. The number of rotatable bonds is 3. The van der Waals surface area contributed by atoms with E-state index in [9.17, 15) is 4.79 Å². The topological polar surface area (TPSA) is 20.3 Å². The van der Waals surface area contributed by atoms with E-state index in [0.717, 1.165) is 22.3 Å². The molecule has 116 valence electrons. The fraction of sp³-hybridized carbons (Fsp3) is 0.190. The van der Waals surface area contributed by atoms with Gasteiger partial charge in [0.05, 0.1) is 0 Å². The predicted octanol–water partition coefficient (Wildman–Crippen LogP) is 4.73. The lowest BCUT2D eigenvalue weighted by atomic mass is 10.1. The van der Waals surface area contributed by atoms with Gasteiger partial charge in [0.1, 0.15) is 0 Å². The molecule has 23 heavy (non-hydrogen) atoms. The maximum atomic E-state index is 12.6. The van der Waals surface area contributed by atoms with E-state index >= 15 is 0 Å². The summed E-state index contributed by atoms with van der Waals surface area (Å²) >= 11 is 0. The van der Waals surface area contributed by atoms with Crippen molar-refractivity contribution in [3.63, 3.8) is 0 Å². The Bertz CT molecular complexity index is 846. The first-order chi connectivity index (χ1) is 11.0. The molecule has 0 atom stereocenters. The highest BCUT2D eigenvalue weighted by atomic mass is 16.2. The van der Waals surface area contributed by atoms with Crippen molar-refractivity contribution in [1.29, 1.82) is 0 Å². The molecule has 0 spiro atoms. The maximum absolute atomic E-state index is 12.6. The number of hydrogen-bond acceptors (Lipinski definition) is 1. The number of amides is 1. The van der Waals surface area contributed by atoms with Gasteiger partial charge in [-0.15, -0.1) is 0 Å². The van der Waals surface area contributed by atoms with Crippen LogP contribution in [0.5, 0.6) is 0 Å². The monoisotopic (exact) mass is 303 g/mol. The number of nitrogens with zero attached hydrogens (tertiary/aromatic N) is 1. The minimum Gasteiger partial charge on any atom is -0.337 e. The first kappa shape index (κ1) is 15.3. The summed E-state index contributed by atoms with van der Waals surface area (Å²) < 4.78 is 0. The highest BCUT2D eigenvalue weighted by molar-refractivity contribution is 5.94. The normalized spacial score (nSPS) is 10.7. The van der Waals surface area contributed by atoms with E-state index in [4.69, 9.17) is 0 Å². The molecule has 0 N–H and O–H groups in total. The summed E-state index contributed by atoms with van der Waals surface area (Å²) in [6, 6.07) is 20.6. The lowest BCUT2D eigenvalue weighted by molar-refractivity contribution is 0.0785. The van der Waals surface area contributed by atoms with Crippen LogP contribution in [0.15, 0.2) is 60.7 Å². The number of benzene rings is 3. The molecule has 0 heterocycles. The van der Waals surface area contributed by atoms with Gasteiger partial charge in [0.15, 0.2) is 0 Å². The number of carbonyl (C=O) groups is 1. The molecule has 0 radical (unpaired) electrons. The van der Waals surface area contributed by atoms with Gasteiger partial charge in [-0.2, -0.15) is 0 Å². The maximum Gasteiger partial charge on any atom is 0.253 e. The first-order valence-electron chi connectivity index (χ1n) is 7.84. The summed E-state index contributed by atoms with van der Waals surface area (Å²) in [4.78, 5) is 14.4. The van der Waals surface area contributed by atoms with Crippen LogP contribution in [0, 0.1) is 13.8 Å². The molecule has 0 saturated heterocycles. The van der Waals surface area contributed by atoms with Crippen LogP contribution in [0.2, 0.25) is 0 Å². The van der Waals surface area contributed by atoms with Gasteiger partial charge in [-0.25, -0.2) is 0 Å². The van der Waals surface area contributed by atoms with Crippen molar-refractivity contribution in [1.82, 2.24) is 4.90 Å². The number of fused-ring (bicyclic) bond motifs is 1. The van der Waals surface area contributed by atoms with Crippen molar-refractivity contribution >= 4 is 16.7 Å². The fourth-order valence-electron chi connectivity index (χ4n) is 3.00. The Morgan fingerprint density at radius 2 is 1.52 bits per heavy atom. The van der Waals surface area contributed by atoms with Crippen LogP contribution in [0.4, 0.5) is 0 Å². The largest absolute Gasteiger partial charge is 0.337 e. The lowest BCUT2D eigenvalue weighted by Crippen LogP contribution is -2.26. The quantitative estimate of drug-likeness (QED) is 0.685. The summed E-state index contributed by atoms with van der Waals surface area (Å²) in [5.74, 6) is 0.0601. The van der Waals surface area contributed by atoms with Gasteiger partial charge in [0, 0.05) is 19.2 Å². The Kier molecular flexibility index (Phi) is 4.16. The second-order valence-electron chi connectivity index (χ2n) is 6.22. The van der Waals surface area contributed by atoms with Crippen molar-refractivity contribution in [2.45, 2.75) is 20.4 Å². The van der Waals surface area contributed by atoms with E-state index < -0.39 is 0 Å². The molecule has 3 aromatic rings. The van der Waals surface area contributed by atoms with E-state index in [1.807, 2.05) is 45.2 Å². The third kappa shape index (κ3) is 3.42. The molecule has 0 fully saturated rings. The van der Waals surface area contributed by atoms with Gasteiger partial charge in [-0.1, -0.05) is 53.6 Å². The van der Waals surface area contributed by atoms with Gasteiger partial charge in [-0.05, 0) is 48.4 Å². The minimum absolute atomic E-state index is 0.0601. The standard InChI is InChI=1S/C21H21NO/c1-15-10-16(2)12-20(11-15)21(23)22(3)14-17-8-9-18-6-4-5-7-19(18)13-17/h4-13H,14H2,1-3H3. The Labute approximate surface area is 137 Å². The van der Waals surface area contributed by atoms with E-state index in [2.05, 4.69) is 36.4 Å². The molecule has 2 heteroatoms. The van der Waals surface area contributed by atoms with Crippen LogP contribution < -0.4 is 0 Å². The summed E-state index contributed by atoms with van der Waals surface area (Å²) in [5, 5.41) is 2.43. The Morgan fingerprint density at radius 3 is 2.22 bits per heavy atom. The second-order valence-corrected chi connectivity index (χ2v) is 6.22.